The molecular weight excluding hydrogens is 530 g/mol. The van der Waals surface area contributed by atoms with Gasteiger partial charge in [-0.3, -0.25) is 19.8 Å². The smallest absolute Gasteiger partial charge is 0.372 e. The number of amides is 1. The largest absolute Gasteiger partial charge is 0.493 e. The van der Waals surface area contributed by atoms with Gasteiger partial charge in [0, 0.05) is 30.4 Å². The van der Waals surface area contributed by atoms with Crippen LogP contribution in [0.1, 0.15) is 39.9 Å². The molecule has 0 radical (unpaired) electrons. The summed E-state index contributed by atoms with van der Waals surface area (Å²) in [6, 6.07) is 16.5. The highest BCUT2D eigenvalue weighted by molar-refractivity contribution is 6.33. The first-order chi connectivity index (χ1) is 19.6. The van der Waals surface area contributed by atoms with Crippen LogP contribution in [0.3, 0.4) is 0 Å². The van der Waals surface area contributed by atoms with Crippen LogP contribution in [-0.4, -0.2) is 58.9 Å². The van der Waals surface area contributed by atoms with E-state index in [4.69, 9.17) is 25.7 Å². The molecule has 3 aromatic carbocycles. The number of hydrogen-bond donors (Lipinski definition) is 5. The van der Waals surface area contributed by atoms with Crippen LogP contribution < -0.4 is 20.5 Å². The third-order valence-corrected chi connectivity index (χ3v) is 6.61. The molecular formula is C30H29N3O8. The molecule has 212 valence electrons. The number of Topliss-reactive ketones (excluding diaryl/α,β-unsaturated/α-hetero) is 1. The number of amidine groups is 1. The number of ketones is 1. The molecule has 11 heteroatoms. The molecule has 6 N–H and O–H groups in total. The van der Waals surface area contributed by atoms with E-state index in [0.717, 1.165) is 17.5 Å². The summed E-state index contributed by atoms with van der Waals surface area (Å²) in [5, 5.41) is 28.9. The van der Waals surface area contributed by atoms with E-state index in [-0.39, 0.29) is 42.2 Å². The summed E-state index contributed by atoms with van der Waals surface area (Å²) in [4.78, 5) is 48.0. The van der Waals surface area contributed by atoms with Gasteiger partial charge >= 0.3 is 11.9 Å². The Hall–Kier alpha value is -5.19. The molecule has 1 amide bonds. The highest BCUT2D eigenvalue weighted by Gasteiger charge is 2.24. The third-order valence-electron chi connectivity index (χ3n) is 6.61. The molecule has 0 spiro atoms. The maximum absolute atomic E-state index is 13.6. The monoisotopic (exact) mass is 559 g/mol. The van der Waals surface area contributed by atoms with Crippen LogP contribution >= 0.6 is 0 Å². The number of carbonyl (C=O) groups is 4. The van der Waals surface area contributed by atoms with Crippen molar-refractivity contribution in [1.29, 1.82) is 5.41 Å². The summed E-state index contributed by atoms with van der Waals surface area (Å²) in [6.07, 6.45) is 0.0205. The van der Waals surface area contributed by atoms with Crippen molar-refractivity contribution in [3.63, 3.8) is 0 Å². The second-order valence-electron chi connectivity index (χ2n) is 9.53. The Bertz CT molecular complexity index is 1500. The van der Waals surface area contributed by atoms with Gasteiger partial charge in [0.1, 0.15) is 23.9 Å². The van der Waals surface area contributed by atoms with E-state index < -0.39 is 36.1 Å². The minimum absolute atomic E-state index is 0.0268. The normalized spacial score (nSPS) is 12.5. The number of rotatable bonds is 13. The Kier molecular flexibility index (Phi) is 8.98. The van der Waals surface area contributed by atoms with Gasteiger partial charge in [-0.15, -0.1) is 0 Å². The summed E-state index contributed by atoms with van der Waals surface area (Å²) in [6.45, 7) is 0.312. The van der Waals surface area contributed by atoms with Crippen molar-refractivity contribution in [2.24, 2.45) is 5.73 Å². The number of benzene rings is 3. The van der Waals surface area contributed by atoms with Crippen molar-refractivity contribution in [2.45, 2.75) is 31.7 Å². The van der Waals surface area contributed by atoms with E-state index in [1.807, 2.05) is 36.4 Å². The predicted molar refractivity (Wildman–Crippen MR) is 149 cm³/mol. The summed E-state index contributed by atoms with van der Waals surface area (Å²) in [5.41, 5.74) is 8.98. The Labute approximate surface area is 235 Å². The van der Waals surface area contributed by atoms with Gasteiger partial charge in [-0.25, -0.2) is 4.79 Å². The molecule has 1 atom stereocenters. The Morgan fingerprint density at radius 1 is 1.05 bits per heavy atom. The lowest BCUT2D eigenvalue weighted by atomic mass is 9.95. The summed E-state index contributed by atoms with van der Waals surface area (Å²) in [5.74, 6) is -3.75. The Morgan fingerprint density at radius 2 is 1.80 bits per heavy atom. The number of fused-ring (bicyclic) bond motifs is 1. The van der Waals surface area contributed by atoms with E-state index >= 15 is 0 Å². The quantitative estimate of drug-likeness (QED) is 0.119. The summed E-state index contributed by atoms with van der Waals surface area (Å²) < 4.78 is 11.6. The maximum Gasteiger partial charge on any atom is 0.372 e. The van der Waals surface area contributed by atoms with E-state index in [1.54, 1.807) is 6.07 Å². The van der Waals surface area contributed by atoms with Gasteiger partial charge < -0.3 is 30.7 Å². The molecule has 1 aliphatic heterocycles. The van der Waals surface area contributed by atoms with Crippen molar-refractivity contribution in [3.05, 3.63) is 82.9 Å². The average molecular weight is 560 g/mol. The van der Waals surface area contributed by atoms with Gasteiger partial charge in [-0.2, -0.15) is 0 Å². The van der Waals surface area contributed by atoms with Crippen molar-refractivity contribution < 1.29 is 38.9 Å². The van der Waals surface area contributed by atoms with Crippen LogP contribution in [0.4, 0.5) is 0 Å². The number of hydrogen-bond acceptors (Lipinski definition) is 7. The van der Waals surface area contributed by atoms with Crippen molar-refractivity contribution in [1.82, 2.24) is 5.32 Å². The van der Waals surface area contributed by atoms with E-state index in [1.165, 1.54) is 18.2 Å². The van der Waals surface area contributed by atoms with Crippen LogP contribution in [0.15, 0.2) is 60.7 Å². The molecule has 0 saturated carbocycles. The third kappa shape index (κ3) is 7.27. The molecule has 0 aromatic heterocycles. The number of ether oxygens (including phenoxy) is 2. The lowest BCUT2D eigenvalue weighted by molar-refractivity contribution is -0.148. The first-order valence-electron chi connectivity index (χ1n) is 12.9. The topological polar surface area (TPSA) is 189 Å². The molecule has 11 nitrogen and oxygen atoms in total. The number of aliphatic carboxylic acids is 2. The number of carboxylic acid groups (broad SMARTS) is 2. The number of carboxylic acids is 2. The zero-order valence-electron chi connectivity index (χ0n) is 22.0. The fraction of sp³-hybridized carbons (Fsp3) is 0.233. The molecule has 0 bridgehead atoms. The van der Waals surface area contributed by atoms with E-state index in [9.17, 15) is 24.3 Å². The number of nitrogens with two attached hydrogens (primary N) is 1. The van der Waals surface area contributed by atoms with Gasteiger partial charge in [0.25, 0.3) is 5.91 Å². The molecule has 3 aromatic rings. The highest BCUT2D eigenvalue weighted by Crippen LogP contribution is 2.34. The van der Waals surface area contributed by atoms with Gasteiger partial charge in [0.05, 0.1) is 18.2 Å². The van der Waals surface area contributed by atoms with Crippen LogP contribution in [0.25, 0.3) is 11.1 Å². The first kappa shape index (κ1) is 28.8. The molecule has 0 saturated heterocycles. The minimum Gasteiger partial charge on any atom is -0.493 e. The number of carbonyl (C=O) groups excluding carboxylic acids is 2. The molecule has 0 fully saturated rings. The Morgan fingerprint density at radius 3 is 2.49 bits per heavy atom. The standard InChI is InChI=1S/C30H29N3O8/c31-28(32)20-7-6-18(13-24(34)30(38)39)25(14-20)41-16-21(8-9-27(35)36)33-29(37)23-15-26-19(10-11-40-26)12-22(23)17-4-2-1-3-5-17/h1-7,12,14-15,21H,8-11,13,16H2,(H3,31,32)(H,33,37)(H,35,36)(H,38,39)/t21-/m1/s1. The van der Waals surface area contributed by atoms with Crippen molar-refractivity contribution in [2.75, 3.05) is 13.2 Å². The van der Waals surface area contributed by atoms with Crippen molar-refractivity contribution in [3.8, 4) is 22.6 Å². The minimum atomic E-state index is -1.61. The molecule has 1 aliphatic rings. The lowest BCUT2D eigenvalue weighted by Crippen LogP contribution is -2.40. The zero-order chi connectivity index (χ0) is 29.5. The molecule has 41 heavy (non-hydrogen) atoms. The van der Waals surface area contributed by atoms with Crippen LogP contribution in [0.2, 0.25) is 0 Å². The van der Waals surface area contributed by atoms with Gasteiger partial charge in [-0.1, -0.05) is 42.5 Å². The fourth-order valence-corrected chi connectivity index (χ4v) is 4.47. The summed E-state index contributed by atoms with van der Waals surface area (Å²) in [7, 11) is 0. The van der Waals surface area contributed by atoms with Crippen LogP contribution in [-0.2, 0) is 27.2 Å². The van der Waals surface area contributed by atoms with Crippen molar-refractivity contribution >= 4 is 29.5 Å². The number of nitrogen functional groups attached to an aromatic ring is 1. The molecule has 4 rings (SSSR count). The average Bonchev–Trinajstić information content (AvgIpc) is 3.42. The molecule has 0 aliphatic carbocycles. The Balaban J connectivity index is 1.61. The van der Waals surface area contributed by atoms with E-state index in [2.05, 4.69) is 5.32 Å². The second kappa shape index (κ2) is 12.8. The fourth-order valence-electron chi connectivity index (χ4n) is 4.47. The molecule has 0 unspecified atom stereocenters. The second-order valence-corrected chi connectivity index (χ2v) is 9.53. The highest BCUT2D eigenvalue weighted by atomic mass is 16.5. The summed E-state index contributed by atoms with van der Waals surface area (Å²) >= 11 is 0. The SMILES string of the molecule is N=C(N)c1ccc(CC(=O)C(=O)O)c(OC[C@@H](CCC(=O)O)NC(=O)c2cc3c(cc2-c2ccccc2)CCO3)c1. The van der Waals surface area contributed by atoms with Crippen LogP contribution in [0, 0.1) is 5.41 Å². The zero-order valence-corrected chi connectivity index (χ0v) is 22.0. The predicted octanol–water partition coefficient (Wildman–Crippen LogP) is 2.81. The van der Waals surface area contributed by atoms with Gasteiger partial charge in [0.2, 0.25) is 5.78 Å². The first-order valence-corrected chi connectivity index (χ1v) is 12.9. The van der Waals surface area contributed by atoms with E-state index in [0.29, 0.717) is 23.5 Å². The van der Waals surface area contributed by atoms with Crippen LogP contribution in [0.5, 0.6) is 11.5 Å². The maximum atomic E-state index is 13.6. The number of nitrogens with one attached hydrogen (secondary N) is 2. The van der Waals surface area contributed by atoms with Gasteiger partial charge in [-0.05, 0) is 41.3 Å². The molecule has 1 heterocycles. The van der Waals surface area contributed by atoms with Gasteiger partial charge in [0.15, 0.2) is 0 Å². The lowest BCUT2D eigenvalue weighted by Gasteiger charge is -2.21.